The van der Waals surface area contributed by atoms with Crippen molar-refractivity contribution in [2.75, 3.05) is 5.32 Å². The van der Waals surface area contributed by atoms with Crippen LogP contribution in [0, 0.1) is 5.82 Å². The second-order valence-electron chi connectivity index (χ2n) is 3.79. The van der Waals surface area contributed by atoms with Crippen LogP contribution in [-0.4, -0.2) is 22.3 Å². The Hall–Kier alpha value is -2.90. The molecule has 0 bridgehead atoms. The van der Waals surface area contributed by atoms with Crippen LogP contribution in [0.2, 0.25) is 0 Å². The van der Waals surface area contributed by atoms with Crippen molar-refractivity contribution < 1.29 is 23.6 Å². The van der Waals surface area contributed by atoms with Crippen molar-refractivity contribution in [3.05, 3.63) is 47.6 Å². The van der Waals surface area contributed by atoms with E-state index in [-0.39, 0.29) is 17.8 Å². The lowest BCUT2D eigenvalue weighted by Gasteiger charge is -2.08. The number of hydrogen-bond donors (Lipinski definition) is 3. The van der Waals surface area contributed by atoms with Gasteiger partial charge >= 0.3 is 12.0 Å². The number of aromatic nitrogens is 1. The van der Waals surface area contributed by atoms with Gasteiger partial charge in [0.2, 0.25) is 0 Å². The van der Waals surface area contributed by atoms with E-state index < -0.39 is 17.8 Å². The van der Waals surface area contributed by atoms with E-state index in [1.807, 2.05) is 0 Å². The summed E-state index contributed by atoms with van der Waals surface area (Å²) in [5.41, 5.74) is -0.350. The average Bonchev–Trinajstić information content (AvgIpc) is 2.92. The summed E-state index contributed by atoms with van der Waals surface area (Å²) in [7, 11) is 0. The SMILES string of the molecule is O=C(NCc1ccno1)Nc1cc(C(=O)O)ccc1F. The molecule has 0 saturated carbocycles. The summed E-state index contributed by atoms with van der Waals surface area (Å²) in [6.45, 7) is 0.0755. The van der Waals surface area contributed by atoms with E-state index >= 15 is 0 Å². The standard InChI is InChI=1S/C12H10FN3O4/c13-9-2-1-7(11(17)18)5-10(9)16-12(19)14-6-8-3-4-15-20-8/h1-5H,6H2,(H,17,18)(H2,14,16,19). The summed E-state index contributed by atoms with van der Waals surface area (Å²) in [5.74, 6) is -1.51. The van der Waals surface area contributed by atoms with Crippen molar-refractivity contribution in [1.82, 2.24) is 10.5 Å². The van der Waals surface area contributed by atoms with Crippen molar-refractivity contribution in [2.24, 2.45) is 0 Å². The maximum atomic E-state index is 13.4. The molecule has 0 aliphatic rings. The Morgan fingerprint density at radius 3 is 2.80 bits per heavy atom. The molecule has 8 heteroatoms. The van der Waals surface area contributed by atoms with Gasteiger partial charge < -0.3 is 20.3 Å². The van der Waals surface area contributed by atoms with E-state index in [0.29, 0.717) is 5.76 Å². The predicted octanol–water partition coefficient (Wildman–Crippen LogP) is 1.83. The molecule has 1 aromatic carbocycles. The first-order chi connectivity index (χ1) is 9.56. The van der Waals surface area contributed by atoms with E-state index in [0.717, 1.165) is 18.2 Å². The van der Waals surface area contributed by atoms with Crippen LogP contribution in [0.1, 0.15) is 16.1 Å². The number of halogens is 1. The number of rotatable bonds is 4. The molecule has 3 N–H and O–H groups in total. The highest BCUT2D eigenvalue weighted by Crippen LogP contribution is 2.16. The zero-order valence-corrected chi connectivity index (χ0v) is 10.1. The van der Waals surface area contributed by atoms with Crippen molar-refractivity contribution >= 4 is 17.7 Å². The second kappa shape index (κ2) is 5.83. The molecule has 2 amide bonds. The minimum absolute atomic E-state index is 0.0755. The molecule has 1 aromatic heterocycles. The summed E-state index contributed by atoms with van der Waals surface area (Å²) < 4.78 is 18.2. The lowest BCUT2D eigenvalue weighted by Crippen LogP contribution is -2.28. The number of carbonyl (C=O) groups is 2. The molecular weight excluding hydrogens is 269 g/mol. The summed E-state index contributed by atoms with van der Waals surface area (Å²) in [5, 5.41) is 16.9. The fraction of sp³-hybridized carbons (Fsp3) is 0.0833. The van der Waals surface area contributed by atoms with Gasteiger partial charge in [-0.2, -0.15) is 0 Å². The monoisotopic (exact) mass is 279 g/mol. The first kappa shape index (κ1) is 13.5. The molecule has 0 fully saturated rings. The maximum absolute atomic E-state index is 13.4. The molecule has 2 aromatic rings. The van der Waals surface area contributed by atoms with Crippen LogP contribution in [0.4, 0.5) is 14.9 Å². The van der Waals surface area contributed by atoms with E-state index in [1.54, 1.807) is 6.07 Å². The minimum Gasteiger partial charge on any atom is -0.478 e. The molecule has 0 radical (unpaired) electrons. The second-order valence-corrected chi connectivity index (χ2v) is 3.79. The summed E-state index contributed by atoms with van der Waals surface area (Å²) >= 11 is 0. The van der Waals surface area contributed by atoms with Gasteiger partial charge in [0, 0.05) is 6.07 Å². The number of amides is 2. The number of urea groups is 1. The van der Waals surface area contributed by atoms with Gasteiger partial charge in [-0.05, 0) is 18.2 Å². The normalized spacial score (nSPS) is 10.1. The van der Waals surface area contributed by atoms with Crippen LogP contribution in [0.15, 0.2) is 35.0 Å². The number of hydrogen-bond acceptors (Lipinski definition) is 4. The molecule has 1 heterocycles. The van der Waals surface area contributed by atoms with E-state index in [9.17, 15) is 14.0 Å². The number of nitrogens with zero attached hydrogens (tertiary/aromatic N) is 1. The predicted molar refractivity (Wildman–Crippen MR) is 65.7 cm³/mol. The number of carboxylic acids is 1. The van der Waals surface area contributed by atoms with Crippen molar-refractivity contribution in [3.8, 4) is 0 Å². The Bertz CT molecular complexity index is 628. The quantitative estimate of drug-likeness (QED) is 0.792. The number of anilines is 1. The lowest BCUT2D eigenvalue weighted by atomic mass is 10.2. The van der Waals surface area contributed by atoms with Gasteiger partial charge in [-0.3, -0.25) is 0 Å². The zero-order valence-electron chi connectivity index (χ0n) is 10.1. The molecular formula is C12H10FN3O4. The topological polar surface area (TPSA) is 104 Å². The Morgan fingerprint density at radius 2 is 2.15 bits per heavy atom. The smallest absolute Gasteiger partial charge is 0.335 e. The van der Waals surface area contributed by atoms with Crippen molar-refractivity contribution in [3.63, 3.8) is 0 Å². The number of carboxylic acid groups (broad SMARTS) is 1. The van der Waals surface area contributed by atoms with Gasteiger partial charge in [0.05, 0.1) is 24.0 Å². The Balaban J connectivity index is 2.00. The Kier molecular flexibility index (Phi) is 3.94. The summed E-state index contributed by atoms with van der Waals surface area (Å²) in [6.07, 6.45) is 1.42. The molecule has 0 atom stereocenters. The minimum atomic E-state index is -1.21. The molecule has 20 heavy (non-hydrogen) atoms. The largest absolute Gasteiger partial charge is 0.478 e. The van der Waals surface area contributed by atoms with Gasteiger partial charge in [-0.15, -0.1) is 0 Å². The number of aromatic carboxylic acids is 1. The molecule has 0 spiro atoms. The number of benzene rings is 1. The van der Waals surface area contributed by atoms with Gasteiger partial charge in [-0.1, -0.05) is 5.16 Å². The van der Waals surface area contributed by atoms with Crippen LogP contribution < -0.4 is 10.6 Å². The summed E-state index contributed by atoms with van der Waals surface area (Å²) in [4.78, 5) is 22.3. The van der Waals surface area contributed by atoms with Crippen LogP contribution in [0.3, 0.4) is 0 Å². The van der Waals surface area contributed by atoms with Gasteiger partial charge in [0.25, 0.3) is 0 Å². The third kappa shape index (κ3) is 3.31. The number of carbonyl (C=O) groups excluding carboxylic acids is 1. The fourth-order valence-corrected chi connectivity index (χ4v) is 1.42. The lowest BCUT2D eigenvalue weighted by molar-refractivity contribution is 0.0697. The molecule has 0 aliphatic heterocycles. The highest BCUT2D eigenvalue weighted by molar-refractivity contribution is 5.93. The summed E-state index contributed by atoms with van der Waals surface area (Å²) in [6, 6.07) is 3.98. The third-order valence-corrected chi connectivity index (χ3v) is 2.38. The van der Waals surface area contributed by atoms with E-state index in [2.05, 4.69) is 15.8 Å². The molecule has 0 aliphatic carbocycles. The zero-order chi connectivity index (χ0) is 14.5. The van der Waals surface area contributed by atoms with E-state index in [1.165, 1.54) is 6.20 Å². The molecule has 104 valence electrons. The molecule has 0 saturated heterocycles. The van der Waals surface area contributed by atoms with Crippen LogP contribution >= 0.6 is 0 Å². The van der Waals surface area contributed by atoms with Crippen LogP contribution in [0.25, 0.3) is 0 Å². The van der Waals surface area contributed by atoms with Gasteiger partial charge in [-0.25, -0.2) is 14.0 Å². The highest BCUT2D eigenvalue weighted by Gasteiger charge is 2.11. The van der Waals surface area contributed by atoms with Gasteiger partial charge in [0.15, 0.2) is 5.76 Å². The third-order valence-electron chi connectivity index (χ3n) is 2.38. The molecule has 2 rings (SSSR count). The average molecular weight is 279 g/mol. The molecule has 0 unspecified atom stereocenters. The first-order valence-corrected chi connectivity index (χ1v) is 5.53. The number of nitrogens with one attached hydrogen (secondary N) is 2. The van der Waals surface area contributed by atoms with Crippen molar-refractivity contribution in [1.29, 1.82) is 0 Å². The van der Waals surface area contributed by atoms with Gasteiger partial charge in [0.1, 0.15) is 5.82 Å². The Morgan fingerprint density at radius 1 is 1.35 bits per heavy atom. The Labute approximate surface area is 112 Å². The fourth-order valence-electron chi connectivity index (χ4n) is 1.42. The van der Waals surface area contributed by atoms with E-state index in [4.69, 9.17) is 9.63 Å². The highest BCUT2D eigenvalue weighted by atomic mass is 19.1. The molecule has 7 nitrogen and oxygen atoms in total. The maximum Gasteiger partial charge on any atom is 0.335 e. The van der Waals surface area contributed by atoms with Crippen LogP contribution in [0.5, 0.6) is 0 Å². The van der Waals surface area contributed by atoms with Crippen molar-refractivity contribution in [2.45, 2.75) is 6.54 Å². The van der Waals surface area contributed by atoms with Crippen LogP contribution in [-0.2, 0) is 6.54 Å². The first-order valence-electron chi connectivity index (χ1n) is 5.53.